The lowest BCUT2D eigenvalue weighted by Gasteiger charge is -2.33. The Morgan fingerprint density at radius 3 is 2.27 bits per heavy atom. The summed E-state index contributed by atoms with van der Waals surface area (Å²) >= 11 is 5.90. The number of benzene rings is 1. The van der Waals surface area contributed by atoms with Gasteiger partial charge < -0.3 is 10.2 Å². The fraction of sp³-hybridized carbons (Fsp3) is 0.619. The molecule has 3 rings (SSSR count). The minimum Gasteiger partial charge on any atom is -0.353 e. The molecule has 1 aliphatic heterocycles. The molecule has 2 fully saturated rings. The molecule has 142 valence electrons. The van der Waals surface area contributed by atoms with E-state index >= 15 is 0 Å². The molecule has 1 aromatic carbocycles. The van der Waals surface area contributed by atoms with Crippen molar-refractivity contribution in [3.05, 3.63) is 34.9 Å². The fourth-order valence-electron chi connectivity index (χ4n) is 4.07. The number of halogens is 1. The molecule has 1 aliphatic carbocycles. The Labute approximate surface area is 161 Å². The second-order valence-electron chi connectivity index (χ2n) is 7.65. The zero-order valence-corrected chi connectivity index (χ0v) is 16.1. The molecule has 1 saturated heterocycles. The van der Waals surface area contributed by atoms with E-state index in [-0.39, 0.29) is 17.7 Å². The van der Waals surface area contributed by atoms with Gasteiger partial charge in [0.25, 0.3) is 5.91 Å². The second-order valence-corrected chi connectivity index (χ2v) is 8.08. The predicted octanol–water partition coefficient (Wildman–Crippen LogP) is 4.42. The van der Waals surface area contributed by atoms with Crippen molar-refractivity contribution in [3.63, 3.8) is 0 Å². The van der Waals surface area contributed by atoms with Gasteiger partial charge in [0, 0.05) is 29.7 Å². The fourth-order valence-corrected chi connectivity index (χ4v) is 4.20. The van der Waals surface area contributed by atoms with Crippen LogP contribution in [0.1, 0.15) is 68.1 Å². The first-order valence-electron chi connectivity index (χ1n) is 9.99. The number of carbonyl (C=O) groups is 2. The van der Waals surface area contributed by atoms with E-state index < -0.39 is 0 Å². The summed E-state index contributed by atoms with van der Waals surface area (Å²) in [5, 5.41) is 3.89. The van der Waals surface area contributed by atoms with Gasteiger partial charge in [-0.1, -0.05) is 43.7 Å². The van der Waals surface area contributed by atoms with Crippen molar-refractivity contribution in [1.29, 1.82) is 0 Å². The van der Waals surface area contributed by atoms with Crippen LogP contribution in [0.5, 0.6) is 0 Å². The molecule has 0 bridgehead atoms. The van der Waals surface area contributed by atoms with Crippen molar-refractivity contribution in [2.45, 2.75) is 63.8 Å². The lowest BCUT2D eigenvalue weighted by Crippen LogP contribution is -2.47. The third kappa shape index (κ3) is 5.23. The number of piperidine rings is 1. The summed E-state index contributed by atoms with van der Waals surface area (Å²) in [6.45, 7) is 1.23. The number of nitrogens with one attached hydrogen (secondary N) is 1. The van der Waals surface area contributed by atoms with Crippen LogP contribution in [0, 0.1) is 5.92 Å². The summed E-state index contributed by atoms with van der Waals surface area (Å²) in [6, 6.07) is 7.28. The summed E-state index contributed by atoms with van der Waals surface area (Å²) < 4.78 is 0. The summed E-state index contributed by atoms with van der Waals surface area (Å²) in [5.74, 6) is 0.0275. The van der Waals surface area contributed by atoms with Gasteiger partial charge in [-0.2, -0.15) is 0 Å². The third-order valence-corrected chi connectivity index (χ3v) is 5.87. The van der Waals surface area contributed by atoms with E-state index in [1.165, 1.54) is 32.1 Å². The van der Waals surface area contributed by atoms with Gasteiger partial charge in [0.2, 0.25) is 5.91 Å². The minimum absolute atomic E-state index is 0.00915. The summed E-state index contributed by atoms with van der Waals surface area (Å²) in [7, 11) is 0. The first kappa shape index (κ1) is 19.2. The molecule has 2 amide bonds. The van der Waals surface area contributed by atoms with Crippen LogP contribution in [0.25, 0.3) is 0 Å². The number of likely N-dealkylation sites (tertiary alicyclic amines) is 1. The Morgan fingerprint density at radius 1 is 0.923 bits per heavy atom. The molecule has 0 spiro atoms. The van der Waals surface area contributed by atoms with Gasteiger partial charge in [-0.05, 0) is 49.9 Å². The average molecular weight is 377 g/mol. The van der Waals surface area contributed by atoms with Crippen molar-refractivity contribution in [2.24, 2.45) is 5.92 Å². The molecule has 26 heavy (non-hydrogen) atoms. The second kappa shape index (κ2) is 9.40. The summed E-state index contributed by atoms with van der Waals surface area (Å²) in [5.41, 5.74) is 0.635. The van der Waals surface area contributed by atoms with Crippen LogP contribution in [0.4, 0.5) is 0 Å². The molecule has 5 heteroatoms. The first-order valence-corrected chi connectivity index (χ1v) is 10.4. The maximum atomic E-state index is 12.7. The zero-order chi connectivity index (χ0) is 18.4. The summed E-state index contributed by atoms with van der Waals surface area (Å²) in [4.78, 5) is 27.3. The molecule has 0 aromatic heterocycles. The lowest BCUT2D eigenvalue weighted by atomic mass is 9.93. The molecular weight excluding hydrogens is 348 g/mol. The van der Waals surface area contributed by atoms with E-state index in [0.29, 0.717) is 29.7 Å². The van der Waals surface area contributed by atoms with Gasteiger partial charge in [-0.15, -0.1) is 0 Å². The van der Waals surface area contributed by atoms with Crippen LogP contribution in [-0.4, -0.2) is 35.8 Å². The van der Waals surface area contributed by atoms with Crippen molar-refractivity contribution in [3.8, 4) is 0 Å². The number of hydrogen-bond acceptors (Lipinski definition) is 2. The highest BCUT2D eigenvalue weighted by molar-refractivity contribution is 6.30. The smallest absolute Gasteiger partial charge is 0.253 e. The maximum Gasteiger partial charge on any atom is 0.253 e. The quantitative estimate of drug-likeness (QED) is 0.848. The number of carbonyl (C=O) groups excluding carboxylic acids is 2. The van der Waals surface area contributed by atoms with Gasteiger partial charge in [0.15, 0.2) is 0 Å². The molecule has 1 saturated carbocycles. The molecule has 2 aliphatic rings. The Balaban J connectivity index is 1.55. The molecule has 1 N–H and O–H groups in total. The van der Waals surface area contributed by atoms with E-state index in [0.717, 1.165) is 25.7 Å². The van der Waals surface area contributed by atoms with E-state index in [9.17, 15) is 9.59 Å². The minimum atomic E-state index is -0.0922. The normalized spacial score (nSPS) is 22.3. The molecule has 1 atom stereocenters. The molecule has 0 radical (unpaired) electrons. The highest BCUT2D eigenvalue weighted by atomic mass is 35.5. The summed E-state index contributed by atoms with van der Waals surface area (Å²) in [6.07, 6.45) is 10.2. The monoisotopic (exact) mass is 376 g/mol. The molecular formula is C21H29ClN2O2. The predicted molar refractivity (Wildman–Crippen MR) is 104 cm³/mol. The van der Waals surface area contributed by atoms with Gasteiger partial charge in [0.1, 0.15) is 0 Å². The van der Waals surface area contributed by atoms with Crippen LogP contribution < -0.4 is 5.32 Å². The van der Waals surface area contributed by atoms with Gasteiger partial charge in [-0.3, -0.25) is 9.59 Å². The van der Waals surface area contributed by atoms with E-state index in [1.807, 2.05) is 4.90 Å². The van der Waals surface area contributed by atoms with Crippen LogP contribution in [-0.2, 0) is 4.79 Å². The first-order chi connectivity index (χ1) is 12.6. The Bertz CT molecular complexity index is 609. The van der Waals surface area contributed by atoms with Crippen LogP contribution in [0.3, 0.4) is 0 Å². The van der Waals surface area contributed by atoms with Crippen LogP contribution in [0.15, 0.2) is 24.3 Å². The number of rotatable bonds is 3. The topological polar surface area (TPSA) is 49.4 Å². The van der Waals surface area contributed by atoms with Gasteiger partial charge in [-0.25, -0.2) is 0 Å². The highest BCUT2D eigenvalue weighted by Crippen LogP contribution is 2.22. The Hall–Kier alpha value is -1.55. The highest BCUT2D eigenvalue weighted by Gasteiger charge is 2.30. The number of amides is 2. The standard InChI is InChI=1S/C21H29ClN2O2/c22-18-12-10-16(11-13-18)21(26)24-14-6-7-17(15-24)20(25)23-19-8-4-2-1-3-5-9-19/h10-13,17,19H,1-9,14-15H2,(H,23,25)/t17-/m1/s1. The van der Waals surface area contributed by atoms with Crippen molar-refractivity contribution < 1.29 is 9.59 Å². The van der Waals surface area contributed by atoms with Crippen molar-refractivity contribution in [2.75, 3.05) is 13.1 Å². The van der Waals surface area contributed by atoms with Crippen molar-refractivity contribution >= 4 is 23.4 Å². The SMILES string of the molecule is O=C(NC1CCCCCCC1)[C@@H]1CCCN(C(=O)c2ccc(Cl)cc2)C1. The van der Waals surface area contributed by atoms with E-state index in [4.69, 9.17) is 11.6 Å². The average Bonchev–Trinajstić information content (AvgIpc) is 2.64. The Morgan fingerprint density at radius 2 is 1.58 bits per heavy atom. The largest absolute Gasteiger partial charge is 0.353 e. The molecule has 1 heterocycles. The maximum absolute atomic E-state index is 12.7. The molecule has 4 nitrogen and oxygen atoms in total. The van der Waals surface area contributed by atoms with E-state index in [2.05, 4.69) is 5.32 Å². The molecule has 1 aromatic rings. The number of nitrogens with zero attached hydrogens (tertiary/aromatic N) is 1. The molecule has 0 unspecified atom stereocenters. The van der Waals surface area contributed by atoms with Crippen LogP contribution >= 0.6 is 11.6 Å². The zero-order valence-electron chi connectivity index (χ0n) is 15.4. The third-order valence-electron chi connectivity index (χ3n) is 5.62. The van der Waals surface area contributed by atoms with E-state index in [1.54, 1.807) is 24.3 Å². The number of hydrogen-bond donors (Lipinski definition) is 1. The van der Waals surface area contributed by atoms with Crippen LogP contribution in [0.2, 0.25) is 5.02 Å². The Kier molecular flexibility index (Phi) is 6.95. The van der Waals surface area contributed by atoms with Gasteiger partial charge >= 0.3 is 0 Å². The lowest BCUT2D eigenvalue weighted by molar-refractivity contribution is -0.127. The van der Waals surface area contributed by atoms with Crippen molar-refractivity contribution in [1.82, 2.24) is 10.2 Å². The van der Waals surface area contributed by atoms with Gasteiger partial charge in [0.05, 0.1) is 5.92 Å².